The normalized spacial score (nSPS) is 11.6. The highest BCUT2D eigenvalue weighted by Crippen LogP contribution is 2.30. The Kier molecular flexibility index (Phi) is 4.94. The fourth-order valence-electron chi connectivity index (χ4n) is 2.82. The van der Waals surface area contributed by atoms with E-state index < -0.39 is 0 Å². The lowest BCUT2D eigenvalue weighted by Crippen LogP contribution is -2.13. The summed E-state index contributed by atoms with van der Waals surface area (Å²) in [4.78, 5) is 18.9. The molecule has 0 spiro atoms. The van der Waals surface area contributed by atoms with Crippen LogP contribution in [0.5, 0.6) is 0 Å². The van der Waals surface area contributed by atoms with Crippen molar-refractivity contribution < 1.29 is 4.79 Å². The topological polar surface area (TPSA) is 85.6 Å². The van der Waals surface area contributed by atoms with E-state index in [0.29, 0.717) is 16.3 Å². The summed E-state index contributed by atoms with van der Waals surface area (Å²) in [5.74, 6) is 0.0328. The van der Waals surface area contributed by atoms with Crippen molar-refractivity contribution in [3.05, 3.63) is 40.3 Å². The van der Waals surface area contributed by atoms with Crippen LogP contribution in [-0.4, -0.2) is 30.9 Å². The Hall–Kier alpha value is -2.65. The van der Waals surface area contributed by atoms with E-state index in [4.69, 9.17) is 4.98 Å². The maximum Gasteiger partial charge on any atom is 0.258 e. The SMILES string of the molecule is CC(C)c1nnc(NC(=O)c2cc(-c3cccs3)nc3c2cnn3C(C)C)s1. The number of thiophene rings is 1. The van der Waals surface area contributed by atoms with Crippen molar-refractivity contribution in [2.45, 2.75) is 39.7 Å². The van der Waals surface area contributed by atoms with Crippen LogP contribution in [-0.2, 0) is 0 Å². The fourth-order valence-corrected chi connectivity index (χ4v) is 4.24. The quantitative estimate of drug-likeness (QED) is 0.500. The van der Waals surface area contributed by atoms with Gasteiger partial charge in [0.2, 0.25) is 5.13 Å². The molecule has 0 radical (unpaired) electrons. The summed E-state index contributed by atoms with van der Waals surface area (Å²) < 4.78 is 1.84. The predicted molar refractivity (Wildman–Crippen MR) is 113 cm³/mol. The second-order valence-electron chi connectivity index (χ2n) is 7.01. The number of nitrogens with zero attached hydrogens (tertiary/aromatic N) is 5. The van der Waals surface area contributed by atoms with Gasteiger partial charge < -0.3 is 0 Å². The van der Waals surface area contributed by atoms with Crippen molar-refractivity contribution in [1.29, 1.82) is 0 Å². The standard InChI is InChI=1S/C19H20N6OS2/c1-10(2)18-23-24-19(28-18)22-17(26)12-8-14(15-6-5-7-27-15)21-16-13(12)9-20-25(16)11(3)4/h5-11H,1-4H3,(H,22,24,26). The molecule has 4 rings (SSSR count). The van der Waals surface area contributed by atoms with Gasteiger partial charge in [0.25, 0.3) is 5.91 Å². The molecule has 4 aromatic rings. The van der Waals surface area contributed by atoms with E-state index in [1.165, 1.54) is 11.3 Å². The van der Waals surface area contributed by atoms with Crippen molar-refractivity contribution in [3.8, 4) is 10.6 Å². The molecular weight excluding hydrogens is 392 g/mol. The molecule has 0 aliphatic rings. The fraction of sp³-hybridized carbons (Fsp3) is 0.316. The molecule has 0 unspecified atom stereocenters. The zero-order chi connectivity index (χ0) is 19.8. The van der Waals surface area contributed by atoms with E-state index in [1.807, 2.05) is 56.0 Å². The Morgan fingerprint density at radius 3 is 2.68 bits per heavy atom. The number of rotatable bonds is 5. The first-order valence-electron chi connectivity index (χ1n) is 9.01. The van der Waals surface area contributed by atoms with Gasteiger partial charge in [0.1, 0.15) is 5.01 Å². The molecule has 7 nitrogen and oxygen atoms in total. The number of nitrogens with one attached hydrogen (secondary N) is 1. The maximum absolute atomic E-state index is 13.1. The summed E-state index contributed by atoms with van der Waals surface area (Å²) in [5.41, 5.74) is 1.99. The number of fused-ring (bicyclic) bond motifs is 1. The molecule has 0 fully saturated rings. The van der Waals surface area contributed by atoms with E-state index in [-0.39, 0.29) is 17.9 Å². The number of carbonyl (C=O) groups is 1. The molecule has 0 bridgehead atoms. The summed E-state index contributed by atoms with van der Waals surface area (Å²) in [6.45, 7) is 8.18. The van der Waals surface area contributed by atoms with Crippen LogP contribution in [0.1, 0.15) is 55.0 Å². The third-order valence-electron chi connectivity index (χ3n) is 4.23. The molecule has 4 aromatic heterocycles. The van der Waals surface area contributed by atoms with E-state index >= 15 is 0 Å². The van der Waals surface area contributed by atoms with Crippen molar-refractivity contribution in [3.63, 3.8) is 0 Å². The maximum atomic E-state index is 13.1. The lowest BCUT2D eigenvalue weighted by Gasteiger charge is -2.09. The highest BCUT2D eigenvalue weighted by Gasteiger charge is 2.20. The van der Waals surface area contributed by atoms with E-state index in [0.717, 1.165) is 21.0 Å². The molecule has 0 saturated heterocycles. The number of carbonyl (C=O) groups excluding carboxylic acids is 1. The largest absolute Gasteiger partial charge is 0.296 e. The Bertz CT molecular complexity index is 1130. The highest BCUT2D eigenvalue weighted by atomic mass is 32.1. The van der Waals surface area contributed by atoms with Crippen LogP contribution in [0.2, 0.25) is 0 Å². The van der Waals surface area contributed by atoms with E-state index in [2.05, 4.69) is 20.6 Å². The average Bonchev–Trinajstić information content (AvgIpc) is 3.40. The van der Waals surface area contributed by atoms with Crippen LogP contribution < -0.4 is 5.32 Å². The summed E-state index contributed by atoms with van der Waals surface area (Å²) in [7, 11) is 0. The van der Waals surface area contributed by atoms with Gasteiger partial charge in [-0.15, -0.1) is 21.5 Å². The number of amides is 1. The van der Waals surface area contributed by atoms with E-state index in [1.54, 1.807) is 17.5 Å². The first-order chi connectivity index (χ1) is 13.4. The van der Waals surface area contributed by atoms with Crippen LogP contribution in [0.3, 0.4) is 0 Å². The molecule has 144 valence electrons. The second kappa shape index (κ2) is 7.40. The number of aromatic nitrogens is 5. The third-order valence-corrected chi connectivity index (χ3v) is 6.26. The van der Waals surface area contributed by atoms with Gasteiger partial charge in [-0.1, -0.05) is 31.3 Å². The Morgan fingerprint density at radius 2 is 2.04 bits per heavy atom. The van der Waals surface area contributed by atoms with Gasteiger partial charge in [-0.05, 0) is 31.4 Å². The van der Waals surface area contributed by atoms with Crippen LogP contribution in [0, 0.1) is 0 Å². The number of hydrogen-bond acceptors (Lipinski definition) is 7. The average molecular weight is 413 g/mol. The zero-order valence-electron chi connectivity index (χ0n) is 16.0. The molecule has 4 heterocycles. The number of anilines is 1. The molecule has 1 amide bonds. The van der Waals surface area contributed by atoms with Crippen LogP contribution in [0.15, 0.2) is 29.8 Å². The lowest BCUT2D eigenvalue weighted by molar-refractivity contribution is 0.102. The smallest absolute Gasteiger partial charge is 0.258 e. The molecule has 0 saturated carbocycles. The zero-order valence-corrected chi connectivity index (χ0v) is 17.6. The van der Waals surface area contributed by atoms with Gasteiger partial charge in [0.15, 0.2) is 5.65 Å². The van der Waals surface area contributed by atoms with Crippen molar-refractivity contribution in [1.82, 2.24) is 25.0 Å². The van der Waals surface area contributed by atoms with Crippen molar-refractivity contribution in [2.24, 2.45) is 0 Å². The molecule has 0 aromatic carbocycles. The predicted octanol–water partition coefficient (Wildman–Crippen LogP) is 4.97. The third kappa shape index (κ3) is 3.43. The Morgan fingerprint density at radius 1 is 1.21 bits per heavy atom. The van der Waals surface area contributed by atoms with Gasteiger partial charge in [-0.3, -0.25) is 10.1 Å². The minimum Gasteiger partial charge on any atom is -0.296 e. The molecule has 1 N–H and O–H groups in total. The molecule has 0 aliphatic heterocycles. The van der Waals surface area contributed by atoms with Gasteiger partial charge >= 0.3 is 0 Å². The van der Waals surface area contributed by atoms with Crippen molar-refractivity contribution >= 4 is 44.7 Å². The molecule has 9 heteroatoms. The molecule has 0 atom stereocenters. The summed E-state index contributed by atoms with van der Waals surface area (Å²) >= 11 is 2.98. The van der Waals surface area contributed by atoms with Crippen LogP contribution in [0.25, 0.3) is 21.6 Å². The first kappa shape index (κ1) is 18.7. The lowest BCUT2D eigenvalue weighted by atomic mass is 10.1. The van der Waals surface area contributed by atoms with Crippen molar-refractivity contribution in [2.75, 3.05) is 5.32 Å². The highest BCUT2D eigenvalue weighted by molar-refractivity contribution is 7.15. The molecular formula is C19H20N6OS2. The molecule has 28 heavy (non-hydrogen) atoms. The number of pyridine rings is 1. The van der Waals surface area contributed by atoms with Crippen LogP contribution in [0.4, 0.5) is 5.13 Å². The van der Waals surface area contributed by atoms with Crippen LogP contribution >= 0.6 is 22.7 Å². The summed E-state index contributed by atoms with van der Waals surface area (Å²) in [6, 6.07) is 5.92. The number of hydrogen-bond donors (Lipinski definition) is 1. The molecule has 0 aliphatic carbocycles. The summed E-state index contributed by atoms with van der Waals surface area (Å²) in [6.07, 6.45) is 1.70. The minimum absolute atomic E-state index is 0.135. The monoisotopic (exact) mass is 412 g/mol. The Balaban J connectivity index is 1.79. The van der Waals surface area contributed by atoms with Gasteiger partial charge in [-0.25, -0.2) is 9.67 Å². The van der Waals surface area contributed by atoms with Gasteiger partial charge in [0.05, 0.1) is 27.7 Å². The van der Waals surface area contributed by atoms with Gasteiger partial charge in [-0.2, -0.15) is 5.10 Å². The van der Waals surface area contributed by atoms with Gasteiger partial charge in [0, 0.05) is 12.0 Å². The van der Waals surface area contributed by atoms with E-state index in [9.17, 15) is 4.79 Å². The Labute approximate surface area is 170 Å². The second-order valence-corrected chi connectivity index (χ2v) is 8.96. The first-order valence-corrected chi connectivity index (χ1v) is 10.7. The minimum atomic E-state index is -0.236. The summed E-state index contributed by atoms with van der Waals surface area (Å²) in [5, 5.41) is 19.7.